The third kappa shape index (κ3) is 2.59. The Morgan fingerprint density at radius 1 is 1.25 bits per heavy atom. The largest absolute Gasteiger partial charge is 0.464 e. The molecular weight excluding hydrogens is 398 g/mol. The Hall–Kier alpha value is -2.26. The van der Waals surface area contributed by atoms with Crippen LogP contribution in [-0.2, 0) is 14.6 Å². The second-order valence-corrected chi connectivity index (χ2v) is 7.78. The molecule has 7 nitrogen and oxygen atoms in total. The normalized spacial score (nSPS) is 11.6. The number of nitrogens with zero attached hydrogens (tertiary/aromatic N) is 2. The number of aryl methyl sites for hydroxylation is 1. The van der Waals surface area contributed by atoms with Gasteiger partial charge in [-0.2, -0.15) is 5.10 Å². The van der Waals surface area contributed by atoms with E-state index >= 15 is 0 Å². The summed E-state index contributed by atoms with van der Waals surface area (Å²) in [5.41, 5.74) is 0.989. The number of carbonyl (C=O) groups is 1. The van der Waals surface area contributed by atoms with Gasteiger partial charge in [0.1, 0.15) is 4.90 Å². The lowest BCUT2D eigenvalue weighted by Crippen LogP contribution is -2.08. The summed E-state index contributed by atoms with van der Waals surface area (Å²) in [4.78, 5) is 16.0. The van der Waals surface area contributed by atoms with E-state index in [2.05, 4.69) is 35.8 Å². The van der Waals surface area contributed by atoms with Gasteiger partial charge in [0.2, 0.25) is 9.84 Å². The summed E-state index contributed by atoms with van der Waals surface area (Å²) in [6.07, 6.45) is 1.35. The van der Waals surface area contributed by atoms with Crippen molar-refractivity contribution in [2.45, 2.75) is 16.7 Å². The number of benzene rings is 1. The molecule has 3 aromatic rings. The van der Waals surface area contributed by atoms with Crippen molar-refractivity contribution in [2.24, 2.45) is 0 Å². The van der Waals surface area contributed by atoms with E-state index in [0.29, 0.717) is 0 Å². The number of H-pyrrole nitrogens is 1. The van der Waals surface area contributed by atoms with Crippen molar-refractivity contribution in [3.05, 3.63) is 46.2 Å². The average Bonchev–Trinajstić information content (AvgIpc) is 2.98. The van der Waals surface area contributed by atoms with Crippen LogP contribution in [0.25, 0.3) is 11.0 Å². The van der Waals surface area contributed by atoms with Gasteiger partial charge in [0.15, 0.2) is 11.3 Å². The molecule has 0 aliphatic rings. The molecule has 9 heteroatoms. The maximum Gasteiger partial charge on any atom is 0.359 e. The van der Waals surface area contributed by atoms with Gasteiger partial charge in [0.25, 0.3) is 0 Å². The van der Waals surface area contributed by atoms with E-state index in [1.165, 1.54) is 25.4 Å². The van der Waals surface area contributed by atoms with E-state index in [4.69, 9.17) is 0 Å². The zero-order valence-corrected chi connectivity index (χ0v) is 15.1. The van der Waals surface area contributed by atoms with Gasteiger partial charge >= 0.3 is 5.97 Å². The molecule has 0 atom stereocenters. The van der Waals surface area contributed by atoms with Gasteiger partial charge in [-0.1, -0.05) is 17.7 Å². The number of hydrogen-bond acceptors (Lipinski definition) is 6. The van der Waals surface area contributed by atoms with Gasteiger partial charge in [-0.25, -0.2) is 18.2 Å². The highest BCUT2D eigenvalue weighted by Gasteiger charge is 2.29. The molecule has 2 heterocycles. The van der Waals surface area contributed by atoms with Crippen LogP contribution in [0.2, 0.25) is 0 Å². The maximum atomic E-state index is 13.1. The number of aromatic amines is 1. The molecule has 24 heavy (non-hydrogen) atoms. The molecule has 2 aromatic heterocycles. The molecule has 0 saturated carbocycles. The average molecular weight is 410 g/mol. The number of hydrogen-bond donors (Lipinski definition) is 1. The Balaban J connectivity index is 2.36. The zero-order valence-electron chi connectivity index (χ0n) is 12.7. The second-order valence-electron chi connectivity index (χ2n) is 5.04. The Bertz CT molecular complexity index is 1040. The number of sulfone groups is 1. The number of pyridine rings is 1. The number of nitrogens with one attached hydrogen (secondary N) is 1. The lowest BCUT2D eigenvalue weighted by Gasteiger charge is -2.09. The minimum Gasteiger partial charge on any atom is -0.464 e. The highest BCUT2D eigenvalue weighted by molar-refractivity contribution is 9.10. The van der Waals surface area contributed by atoms with Crippen LogP contribution in [0.5, 0.6) is 0 Å². The van der Waals surface area contributed by atoms with E-state index in [1.54, 1.807) is 12.1 Å². The number of methoxy groups -OCH3 is 1. The molecule has 124 valence electrons. The summed E-state index contributed by atoms with van der Waals surface area (Å²) in [5, 5.41) is 6.49. The Morgan fingerprint density at radius 3 is 2.54 bits per heavy atom. The van der Waals surface area contributed by atoms with Crippen LogP contribution in [0, 0.1) is 6.92 Å². The third-order valence-electron chi connectivity index (χ3n) is 3.48. The van der Waals surface area contributed by atoms with Crippen LogP contribution in [-0.4, -0.2) is 36.7 Å². The van der Waals surface area contributed by atoms with Crippen LogP contribution in [0.3, 0.4) is 0 Å². The van der Waals surface area contributed by atoms with Crippen molar-refractivity contribution in [1.29, 1.82) is 0 Å². The van der Waals surface area contributed by atoms with E-state index in [0.717, 1.165) is 5.56 Å². The molecule has 0 spiro atoms. The first-order chi connectivity index (χ1) is 11.4. The molecule has 1 aromatic carbocycles. The van der Waals surface area contributed by atoms with Gasteiger partial charge in [-0.05, 0) is 35.0 Å². The molecule has 0 fully saturated rings. The summed E-state index contributed by atoms with van der Waals surface area (Å²) in [5.74, 6) is -0.749. The topological polar surface area (TPSA) is 102 Å². The van der Waals surface area contributed by atoms with Crippen LogP contribution in [0.4, 0.5) is 0 Å². The maximum absolute atomic E-state index is 13.1. The Kier molecular flexibility index (Phi) is 4.14. The predicted octanol–water partition coefficient (Wildman–Crippen LogP) is 2.65. The van der Waals surface area contributed by atoms with Crippen molar-refractivity contribution in [1.82, 2.24) is 15.2 Å². The number of halogens is 1. The van der Waals surface area contributed by atoms with Gasteiger partial charge in [0.05, 0.1) is 21.9 Å². The van der Waals surface area contributed by atoms with Crippen molar-refractivity contribution in [3.8, 4) is 0 Å². The van der Waals surface area contributed by atoms with Crippen molar-refractivity contribution in [3.63, 3.8) is 0 Å². The van der Waals surface area contributed by atoms with Gasteiger partial charge in [-0.15, -0.1) is 0 Å². The quantitative estimate of drug-likeness (QED) is 0.667. The van der Waals surface area contributed by atoms with Crippen LogP contribution in [0.15, 0.2) is 44.7 Å². The summed E-state index contributed by atoms with van der Waals surface area (Å²) in [6, 6.07) is 6.44. The standard InChI is InChI=1S/C15H12BrN3O4S/c1-8-3-5-9(6-4-8)24(21,22)13-10(16)7-17-14-11(13)12(18-19-14)15(20)23-2/h3-7H,1-2H3,(H,17,18,19). The van der Waals surface area contributed by atoms with Gasteiger partial charge < -0.3 is 4.74 Å². The fraction of sp³-hybridized carbons (Fsp3) is 0.133. The van der Waals surface area contributed by atoms with E-state index < -0.39 is 15.8 Å². The van der Waals surface area contributed by atoms with Crippen LogP contribution in [0.1, 0.15) is 16.1 Å². The van der Waals surface area contributed by atoms with Crippen molar-refractivity contribution >= 4 is 42.8 Å². The molecule has 3 rings (SSSR count). The number of esters is 1. The minimum absolute atomic E-state index is 0.0782. The monoisotopic (exact) mass is 409 g/mol. The first-order valence-corrected chi connectivity index (χ1v) is 9.06. The molecule has 0 saturated heterocycles. The number of fused-ring (bicyclic) bond motifs is 1. The van der Waals surface area contributed by atoms with Crippen molar-refractivity contribution < 1.29 is 17.9 Å². The Morgan fingerprint density at radius 2 is 1.92 bits per heavy atom. The van der Waals surface area contributed by atoms with Gasteiger partial charge in [0, 0.05) is 6.20 Å². The lowest BCUT2D eigenvalue weighted by molar-refractivity contribution is 0.0596. The number of rotatable bonds is 3. The third-order valence-corrected chi connectivity index (χ3v) is 6.19. The molecule has 0 aliphatic heterocycles. The summed E-state index contributed by atoms with van der Waals surface area (Å²) in [7, 11) is -2.70. The molecule has 1 N–H and O–H groups in total. The SMILES string of the molecule is COC(=O)c1n[nH]c2ncc(Br)c(S(=O)(=O)c3ccc(C)cc3)c12. The highest BCUT2D eigenvalue weighted by atomic mass is 79.9. The fourth-order valence-electron chi connectivity index (χ4n) is 2.28. The summed E-state index contributed by atoms with van der Waals surface area (Å²) >= 11 is 3.22. The molecular formula is C15H12BrN3O4S. The minimum atomic E-state index is -3.90. The van der Waals surface area contributed by atoms with Crippen LogP contribution >= 0.6 is 15.9 Å². The predicted molar refractivity (Wildman–Crippen MR) is 89.6 cm³/mol. The van der Waals surface area contributed by atoms with Crippen LogP contribution < -0.4 is 0 Å². The number of ether oxygens (including phenoxy) is 1. The zero-order chi connectivity index (χ0) is 17.5. The number of carbonyl (C=O) groups excluding carboxylic acids is 1. The van der Waals surface area contributed by atoms with E-state index in [1.807, 2.05) is 6.92 Å². The van der Waals surface area contributed by atoms with Crippen molar-refractivity contribution in [2.75, 3.05) is 7.11 Å². The van der Waals surface area contributed by atoms with E-state index in [-0.39, 0.29) is 31.0 Å². The second kappa shape index (κ2) is 5.99. The van der Waals surface area contributed by atoms with Gasteiger partial charge in [-0.3, -0.25) is 5.10 Å². The van der Waals surface area contributed by atoms with E-state index in [9.17, 15) is 13.2 Å². The summed E-state index contributed by atoms with van der Waals surface area (Å²) in [6.45, 7) is 1.86. The summed E-state index contributed by atoms with van der Waals surface area (Å²) < 4.78 is 31.1. The molecule has 0 amide bonds. The molecule has 0 radical (unpaired) electrons. The lowest BCUT2D eigenvalue weighted by atomic mass is 10.2. The first kappa shape index (κ1) is 16.6. The fourth-order valence-corrected chi connectivity index (χ4v) is 4.72. The first-order valence-electron chi connectivity index (χ1n) is 6.79. The molecule has 0 unspecified atom stereocenters. The smallest absolute Gasteiger partial charge is 0.359 e. The molecule has 0 bridgehead atoms. The highest BCUT2D eigenvalue weighted by Crippen LogP contribution is 2.34. The molecule has 0 aliphatic carbocycles. The number of aromatic nitrogens is 3. The Labute approximate surface area is 146 Å².